The van der Waals surface area contributed by atoms with Gasteiger partial charge in [0.25, 0.3) is 5.91 Å². The molecular weight excluding hydrogens is 438 g/mol. The quantitative estimate of drug-likeness (QED) is 0.462. The fraction of sp³-hybridized carbons (Fsp3) is 0.214. The third-order valence-corrected chi connectivity index (χ3v) is 6.36. The van der Waals surface area contributed by atoms with Crippen LogP contribution in [0.4, 0.5) is 5.82 Å². The van der Waals surface area contributed by atoms with Crippen molar-refractivity contribution in [3.05, 3.63) is 96.3 Å². The fourth-order valence-corrected chi connectivity index (χ4v) is 4.35. The number of carbonyl (C=O) groups is 2. The van der Waals surface area contributed by atoms with Crippen molar-refractivity contribution in [1.29, 1.82) is 0 Å². The zero-order valence-electron chi connectivity index (χ0n) is 19.6. The van der Waals surface area contributed by atoms with E-state index in [9.17, 15) is 9.59 Å². The van der Waals surface area contributed by atoms with E-state index < -0.39 is 0 Å². The number of hydrogen-bond donors (Lipinski definition) is 1. The van der Waals surface area contributed by atoms with E-state index in [1.165, 1.54) is 0 Å². The van der Waals surface area contributed by atoms with Crippen molar-refractivity contribution >= 4 is 17.6 Å². The molecule has 0 atom stereocenters. The van der Waals surface area contributed by atoms with E-state index in [-0.39, 0.29) is 17.7 Å². The Morgan fingerprint density at radius 1 is 0.914 bits per heavy atom. The van der Waals surface area contributed by atoms with Crippen molar-refractivity contribution in [2.75, 3.05) is 18.4 Å². The van der Waals surface area contributed by atoms with Crippen LogP contribution in [-0.4, -0.2) is 44.6 Å². The van der Waals surface area contributed by atoms with Gasteiger partial charge in [-0.05, 0) is 44.0 Å². The summed E-state index contributed by atoms with van der Waals surface area (Å²) in [6.45, 7) is 3.07. The molecule has 0 saturated carbocycles. The van der Waals surface area contributed by atoms with Crippen molar-refractivity contribution in [3.8, 4) is 16.9 Å². The SMILES string of the molecule is Cc1ccc(-n2cc(C(=O)N3CCC(C(=O)Nc4ccccn4)CC3)c(-c3ccccc3)n2)cc1. The van der Waals surface area contributed by atoms with E-state index in [1.54, 1.807) is 16.9 Å². The molecule has 176 valence electrons. The standard InChI is InChI=1S/C28H27N5O2/c1-20-10-12-23(13-11-20)33-19-24(26(31-33)21-7-3-2-4-8-21)28(35)32-17-14-22(15-18-32)27(34)30-25-9-5-6-16-29-25/h2-13,16,19,22H,14-15,17-18H2,1H3,(H,29,30,34). The van der Waals surface area contributed by atoms with Gasteiger partial charge in [-0.2, -0.15) is 5.10 Å². The van der Waals surface area contributed by atoms with Crippen LogP contribution in [0.3, 0.4) is 0 Å². The zero-order chi connectivity index (χ0) is 24.2. The summed E-state index contributed by atoms with van der Waals surface area (Å²) in [5, 5.41) is 7.66. The third-order valence-electron chi connectivity index (χ3n) is 6.36. The molecule has 5 rings (SSSR count). The molecule has 2 aromatic heterocycles. The molecular formula is C28H27N5O2. The second-order valence-corrected chi connectivity index (χ2v) is 8.81. The minimum absolute atomic E-state index is 0.0482. The highest BCUT2D eigenvalue weighted by Crippen LogP contribution is 2.27. The number of amides is 2. The summed E-state index contributed by atoms with van der Waals surface area (Å²) in [6.07, 6.45) is 4.68. The maximum atomic E-state index is 13.6. The molecule has 0 radical (unpaired) electrons. The van der Waals surface area contributed by atoms with Gasteiger partial charge in [-0.15, -0.1) is 0 Å². The summed E-state index contributed by atoms with van der Waals surface area (Å²) in [4.78, 5) is 32.3. The van der Waals surface area contributed by atoms with Crippen molar-refractivity contribution in [3.63, 3.8) is 0 Å². The van der Waals surface area contributed by atoms with E-state index in [0.717, 1.165) is 16.8 Å². The molecule has 0 aliphatic carbocycles. The predicted molar refractivity (Wildman–Crippen MR) is 135 cm³/mol. The van der Waals surface area contributed by atoms with Crippen LogP contribution in [0.15, 0.2) is 85.2 Å². The summed E-state index contributed by atoms with van der Waals surface area (Å²) in [7, 11) is 0. The van der Waals surface area contributed by atoms with Gasteiger partial charge in [0.05, 0.1) is 11.3 Å². The summed E-state index contributed by atoms with van der Waals surface area (Å²) < 4.78 is 1.77. The van der Waals surface area contributed by atoms with Gasteiger partial charge in [-0.3, -0.25) is 9.59 Å². The number of aromatic nitrogens is 3. The molecule has 7 heteroatoms. The summed E-state index contributed by atoms with van der Waals surface area (Å²) in [6, 6.07) is 23.2. The molecule has 0 spiro atoms. The average Bonchev–Trinajstić information content (AvgIpc) is 3.35. The number of rotatable bonds is 5. The lowest BCUT2D eigenvalue weighted by atomic mass is 9.95. The van der Waals surface area contributed by atoms with Gasteiger partial charge in [0, 0.05) is 37.0 Å². The summed E-state index contributed by atoms with van der Waals surface area (Å²) >= 11 is 0. The summed E-state index contributed by atoms with van der Waals surface area (Å²) in [5.74, 6) is 0.288. The van der Waals surface area contributed by atoms with Crippen LogP contribution >= 0.6 is 0 Å². The van der Waals surface area contributed by atoms with Crippen LogP contribution in [0.25, 0.3) is 16.9 Å². The number of nitrogens with one attached hydrogen (secondary N) is 1. The monoisotopic (exact) mass is 465 g/mol. The molecule has 3 heterocycles. The van der Waals surface area contributed by atoms with E-state index in [2.05, 4.69) is 10.3 Å². The van der Waals surface area contributed by atoms with Crippen LogP contribution in [0.1, 0.15) is 28.8 Å². The molecule has 1 N–H and O–H groups in total. The number of nitrogens with zero attached hydrogens (tertiary/aromatic N) is 4. The average molecular weight is 466 g/mol. The van der Waals surface area contributed by atoms with Crippen LogP contribution in [0, 0.1) is 12.8 Å². The number of anilines is 1. The molecule has 2 amide bonds. The van der Waals surface area contributed by atoms with Gasteiger partial charge in [0.1, 0.15) is 11.5 Å². The Morgan fingerprint density at radius 3 is 2.31 bits per heavy atom. The van der Waals surface area contributed by atoms with E-state index >= 15 is 0 Å². The van der Waals surface area contributed by atoms with Crippen molar-refractivity contribution in [2.24, 2.45) is 5.92 Å². The van der Waals surface area contributed by atoms with Gasteiger partial charge < -0.3 is 10.2 Å². The lowest BCUT2D eigenvalue weighted by Gasteiger charge is -2.31. The molecule has 1 fully saturated rings. The van der Waals surface area contributed by atoms with Gasteiger partial charge in [-0.1, -0.05) is 54.1 Å². The first-order valence-corrected chi connectivity index (χ1v) is 11.8. The predicted octanol–water partition coefficient (Wildman–Crippen LogP) is 4.73. The molecule has 2 aromatic carbocycles. The summed E-state index contributed by atoms with van der Waals surface area (Å²) in [5.41, 5.74) is 4.18. The molecule has 1 aliphatic heterocycles. The number of carbonyl (C=O) groups excluding carboxylic acids is 2. The van der Waals surface area contributed by atoms with Crippen molar-refractivity contribution < 1.29 is 9.59 Å². The van der Waals surface area contributed by atoms with Gasteiger partial charge in [0.2, 0.25) is 5.91 Å². The minimum Gasteiger partial charge on any atom is -0.338 e. The van der Waals surface area contributed by atoms with Gasteiger partial charge in [0.15, 0.2) is 0 Å². The number of likely N-dealkylation sites (tertiary alicyclic amines) is 1. The lowest BCUT2D eigenvalue weighted by Crippen LogP contribution is -2.41. The third kappa shape index (κ3) is 4.99. The van der Waals surface area contributed by atoms with Crippen molar-refractivity contribution in [2.45, 2.75) is 19.8 Å². The molecule has 1 saturated heterocycles. The number of aryl methyl sites for hydroxylation is 1. The van der Waals surface area contributed by atoms with Crippen LogP contribution in [-0.2, 0) is 4.79 Å². The number of benzene rings is 2. The first kappa shape index (κ1) is 22.5. The highest BCUT2D eigenvalue weighted by Gasteiger charge is 2.30. The van der Waals surface area contributed by atoms with E-state index in [1.807, 2.05) is 84.8 Å². The Labute approximate surface area is 204 Å². The maximum Gasteiger partial charge on any atom is 0.257 e. The Bertz CT molecular complexity index is 1310. The normalized spacial score (nSPS) is 14.0. The van der Waals surface area contributed by atoms with E-state index in [0.29, 0.717) is 43.0 Å². The van der Waals surface area contributed by atoms with E-state index in [4.69, 9.17) is 5.10 Å². The number of piperidine rings is 1. The second kappa shape index (κ2) is 9.93. The minimum atomic E-state index is -0.148. The number of pyridine rings is 1. The van der Waals surface area contributed by atoms with Gasteiger partial charge >= 0.3 is 0 Å². The van der Waals surface area contributed by atoms with Crippen LogP contribution < -0.4 is 5.32 Å². The molecule has 1 aliphatic rings. The zero-order valence-corrected chi connectivity index (χ0v) is 19.6. The maximum absolute atomic E-state index is 13.6. The molecule has 0 unspecified atom stereocenters. The lowest BCUT2D eigenvalue weighted by molar-refractivity contribution is -0.121. The van der Waals surface area contributed by atoms with Crippen molar-refractivity contribution in [1.82, 2.24) is 19.7 Å². The Morgan fingerprint density at radius 2 is 1.63 bits per heavy atom. The molecule has 4 aromatic rings. The van der Waals surface area contributed by atoms with Crippen LogP contribution in [0.5, 0.6) is 0 Å². The topological polar surface area (TPSA) is 80.1 Å². The molecule has 35 heavy (non-hydrogen) atoms. The Kier molecular flexibility index (Phi) is 6.39. The highest BCUT2D eigenvalue weighted by molar-refractivity contribution is 6.00. The number of hydrogen-bond acceptors (Lipinski definition) is 4. The molecule has 7 nitrogen and oxygen atoms in total. The van der Waals surface area contributed by atoms with Crippen LogP contribution in [0.2, 0.25) is 0 Å². The first-order chi connectivity index (χ1) is 17.1. The van der Waals surface area contributed by atoms with Gasteiger partial charge in [-0.25, -0.2) is 9.67 Å². The fourth-order valence-electron chi connectivity index (χ4n) is 4.35. The Balaban J connectivity index is 1.34. The Hall–Kier alpha value is -4.26. The highest BCUT2D eigenvalue weighted by atomic mass is 16.2. The first-order valence-electron chi connectivity index (χ1n) is 11.8. The largest absolute Gasteiger partial charge is 0.338 e. The smallest absolute Gasteiger partial charge is 0.257 e. The molecule has 0 bridgehead atoms. The second-order valence-electron chi connectivity index (χ2n) is 8.81.